The van der Waals surface area contributed by atoms with Crippen molar-refractivity contribution in [3.05, 3.63) is 21.0 Å². The van der Waals surface area contributed by atoms with E-state index in [2.05, 4.69) is 54.0 Å². The first-order valence-corrected chi connectivity index (χ1v) is 8.81. The van der Waals surface area contributed by atoms with Gasteiger partial charge in [0.25, 0.3) is 5.56 Å². The Hall–Kier alpha value is -0.840. The number of nitrogens with one attached hydrogen (secondary N) is 1. The molecular formula is C16H28BrN3O. The first-order chi connectivity index (χ1) is 9.99. The fourth-order valence-corrected chi connectivity index (χ4v) is 2.77. The summed E-state index contributed by atoms with van der Waals surface area (Å²) in [5, 5.41) is 7.77. The van der Waals surface area contributed by atoms with Gasteiger partial charge in [-0.3, -0.25) is 4.79 Å². The second-order valence-corrected chi connectivity index (χ2v) is 6.82. The van der Waals surface area contributed by atoms with Crippen molar-refractivity contribution >= 4 is 21.6 Å². The van der Waals surface area contributed by atoms with Crippen LogP contribution in [0.5, 0.6) is 0 Å². The topological polar surface area (TPSA) is 46.9 Å². The van der Waals surface area contributed by atoms with Gasteiger partial charge in [-0.15, -0.1) is 0 Å². The quantitative estimate of drug-likeness (QED) is 0.710. The van der Waals surface area contributed by atoms with Crippen LogP contribution in [-0.4, -0.2) is 15.8 Å². The highest BCUT2D eigenvalue weighted by Gasteiger charge is 2.13. The maximum absolute atomic E-state index is 12.3. The average Bonchev–Trinajstić information content (AvgIpc) is 2.44. The number of hydrogen-bond donors (Lipinski definition) is 1. The van der Waals surface area contributed by atoms with Crippen molar-refractivity contribution in [3.63, 3.8) is 0 Å². The lowest BCUT2D eigenvalue weighted by Gasteiger charge is -2.20. The Bertz CT molecular complexity index is 485. The molecule has 1 rings (SSSR count). The molecule has 1 aromatic rings. The summed E-state index contributed by atoms with van der Waals surface area (Å²) in [4.78, 5) is 12.3. The summed E-state index contributed by atoms with van der Waals surface area (Å²) in [6.45, 7) is 9.19. The van der Waals surface area contributed by atoms with E-state index >= 15 is 0 Å². The van der Waals surface area contributed by atoms with Crippen molar-refractivity contribution in [2.45, 2.75) is 72.4 Å². The van der Waals surface area contributed by atoms with Crippen LogP contribution in [0.15, 0.2) is 15.5 Å². The Morgan fingerprint density at radius 2 is 2.00 bits per heavy atom. The Morgan fingerprint density at radius 3 is 2.57 bits per heavy atom. The zero-order valence-corrected chi connectivity index (χ0v) is 15.2. The van der Waals surface area contributed by atoms with Gasteiger partial charge in [0.1, 0.15) is 4.47 Å². The van der Waals surface area contributed by atoms with Gasteiger partial charge in [-0.25, -0.2) is 4.68 Å². The van der Waals surface area contributed by atoms with Gasteiger partial charge >= 0.3 is 0 Å². The average molecular weight is 358 g/mol. The van der Waals surface area contributed by atoms with Crippen LogP contribution in [0.3, 0.4) is 0 Å². The van der Waals surface area contributed by atoms with Gasteiger partial charge in [0.15, 0.2) is 0 Å². The molecule has 0 fully saturated rings. The Kier molecular flexibility index (Phi) is 8.01. The summed E-state index contributed by atoms with van der Waals surface area (Å²) in [6.07, 6.45) is 7.54. The van der Waals surface area contributed by atoms with Crippen molar-refractivity contribution in [2.75, 3.05) is 5.32 Å². The van der Waals surface area contributed by atoms with Crippen LogP contribution in [0.25, 0.3) is 0 Å². The predicted molar refractivity (Wildman–Crippen MR) is 92.9 cm³/mol. The Balaban J connectivity index is 2.87. The van der Waals surface area contributed by atoms with E-state index in [9.17, 15) is 4.79 Å². The highest BCUT2D eigenvalue weighted by molar-refractivity contribution is 9.10. The molecule has 1 N–H and O–H groups in total. The molecule has 0 aliphatic rings. The van der Waals surface area contributed by atoms with E-state index in [-0.39, 0.29) is 5.56 Å². The summed E-state index contributed by atoms with van der Waals surface area (Å²) < 4.78 is 2.12. The van der Waals surface area contributed by atoms with Crippen molar-refractivity contribution in [2.24, 2.45) is 5.92 Å². The van der Waals surface area contributed by atoms with Crippen LogP contribution in [0.1, 0.15) is 59.8 Å². The number of hydrogen-bond acceptors (Lipinski definition) is 3. The van der Waals surface area contributed by atoms with Gasteiger partial charge in [-0.1, -0.05) is 47.0 Å². The van der Waals surface area contributed by atoms with Crippen molar-refractivity contribution < 1.29 is 0 Å². The minimum atomic E-state index is -0.0561. The normalized spacial score (nSPS) is 12.7. The molecule has 5 heteroatoms. The Morgan fingerprint density at radius 1 is 1.29 bits per heavy atom. The van der Waals surface area contributed by atoms with Crippen LogP contribution >= 0.6 is 15.9 Å². The lowest BCUT2D eigenvalue weighted by atomic mass is 10.1. The van der Waals surface area contributed by atoms with Gasteiger partial charge in [0.05, 0.1) is 11.9 Å². The molecule has 0 aliphatic heterocycles. The van der Waals surface area contributed by atoms with E-state index in [1.807, 2.05) is 0 Å². The van der Waals surface area contributed by atoms with Gasteiger partial charge < -0.3 is 5.32 Å². The summed E-state index contributed by atoms with van der Waals surface area (Å²) in [5.41, 5.74) is 0.758. The van der Waals surface area contributed by atoms with Gasteiger partial charge in [-0.2, -0.15) is 5.10 Å². The third kappa shape index (κ3) is 5.81. The highest BCUT2D eigenvalue weighted by Crippen LogP contribution is 2.20. The molecule has 0 saturated carbocycles. The van der Waals surface area contributed by atoms with E-state index < -0.39 is 0 Å². The molecule has 0 aromatic carbocycles. The molecule has 0 spiro atoms. The van der Waals surface area contributed by atoms with Gasteiger partial charge in [0.2, 0.25) is 0 Å². The molecule has 0 radical (unpaired) electrons. The van der Waals surface area contributed by atoms with E-state index in [1.54, 1.807) is 6.20 Å². The fourth-order valence-electron chi connectivity index (χ4n) is 2.35. The predicted octanol–water partition coefficient (Wildman–Crippen LogP) is 4.43. The van der Waals surface area contributed by atoms with Crippen LogP contribution in [0.2, 0.25) is 0 Å². The minimum absolute atomic E-state index is 0.0561. The number of nitrogens with zero attached hydrogens (tertiary/aromatic N) is 2. The molecule has 4 nitrogen and oxygen atoms in total. The standard InChI is InChI=1S/C16H28BrN3O/c1-5-7-9-13(8-6-2)19-14-10-18-20(11-12(3)4)16(21)15(14)17/h10,12-13,19H,5-9,11H2,1-4H3. The smallest absolute Gasteiger partial charge is 0.283 e. The third-order valence-electron chi connectivity index (χ3n) is 3.43. The highest BCUT2D eigenvalue weighted by atomic mass is 79.9. The molecule has 0 saturated heterocycles. The molecule has 0 bridgehead atoms. The van der Waals surface area contributed by atoms with Gasteiger partial charge in [-0.05, 0) is 34.7 Å². The SMILES string of the molecule is CCCCC(CCC)Nc1cnn(CC(C)C)c(=O)c1Br. The first kappa shape index (κ1) is 18.2. The van der Waals surface area contributed by atoms with Gasteiger partial charge in [0, 0.05) is 12.6 Å². The number of rotatable bonds is 9. The summed E-state index contributed by atoms with van der Waals surface area (Å²) in [7, 11) is 0. The van der Waals surface area contributed by atoms with E-state index in [1.165, 1.54) is 17.5 Å². The second-order valence-electron chi connectivity index (χ2n) is 6.03. The third-order valence-corrected chi connectivity index (χ3v) is 4.19. The summed E-state index contributed by atoms with van der Waals surface area (Å²) in [5.74, 6) is 0.401. The maximum atomic E-state index is 12.3. The zero-order valence-electron chi connectivity index (χ0n) is 13.7. The van der Waals surface area contributed by atoms with E-state index in [0.29, 0.717) is 23.0 Å². The Labute approximate surface area is 136 Å². The van der Waals surface area contributed by atoms with Crippen molar-refractivity contribution in [3.8, 4) is 0 Å². The molecule has 1 unspecified atom stereocenters. The molecule has 1 heterocycles. The van der Waals surface area contributed by atoms with Crippen molar-refractivity contribution in [1.29, 1.82) is 0 Å². The minimum Gasteiger partial charge on any atom is -0.380 e. The van der Waals surface area contributed by atoms with Crippen LogP contribution in [-0.2, 0) is 6.54 Å². The molecule has 1 atom stereocenters. The lowest BCUT2D eigenvalue weighted by Crippen LogP contribution is -2.28. The lowest BCUT2D eigenvalue weighted by molar-refractivity contribution is 0.462. The number of aromatic nitrogens is 2. The molecular weight excluding hydrogens is 330 g/mol. The second kappa shape index (κ2) is 9.23. The molecule has 1 aromatic heterocycles. The van der Waals surface area contributed by atoms with Crippen LogP contribution < -0.4 is 10.9 Å². The summed E-state index contributed by atoms with van der Waals surface area (Å²) in [6, 6.07) is 0.411. The summed E-state index contributed by atoms with van der Waals surface area (Å²) >= 11 is 3.43. The molecule has 0 aliphatic carbocycles. The van der Waals surface area contributed by atoms with Crippen LogP contribution in [0, 0.1) is 5.92 Å². The van der Waals surface area contributed by atoms with E-state index in [0.717, 1.165) is 24.9 Å². The largest absolute Gasteiger partial charge is 0.380 e. The van der Waals surface area contributed by atoms with Crippen LogP contribution in [0.4, 0.5) is 5.69 Å². The zero-order chi connectivity index (χ0) is 15.8. The maximum Gasteiger partial charge on any atom is 0.283 e. The monoisotopic (exact) mass is 357 g/mol. The molecule has 0 amide bonds. The number of halogens is 1. The van der Waals surface area contributed by atoms with E-state index in [4.69, 9.17) is 0 Å². The van der Waals surface area contributed by atoms with Crippen molar-refractivity contribution in [1.82, 2.24) is 9.78 Å². The number of anilines is 1. The number of unbranched alkanes of at least 4 members (excludes halogenated alkanes) is 1. The molecule has 120 valence electrons. The first-order valence-electron chi connectivity index (χ1n) is 8.01. The fraction of sp³-hybridized carbons (Fsp3) is 0.750. The molecule has 21 heavy (non-hydrogen) atoms.